The van der Waals surface area contributed by atoms with Crippen molar-refractivity contribution in [3.05, 3.63) is 65.7 Å². The Morgan fingerprint density at radius 1 is 0.935 bits per heavy atom. The summed E-state index contributed by atoms with van der Waals surface area (Å²) in [5, 5.41) is 9.62. The van der Waals surface area contributed by atoms with Crippen molar-refractivity contribution in [1.82, 2.24) is 9.03 Å². The number of guanidine groups is 2. The third-order valence-electron chi connectivity index (χ3n) is 3.48. The van der Waals surface area contributed by atoms with Crippen LogP contribution in [0.2, 0.25) is 0 Å². The molecule has 13 nitrogen and oxygen atoms in total. The first-order valence-corrected chi connectivity index (χ1v) is 9.76. The molecule has 4 amide bonds. The zero-order chi connectivity index (χ0) is 23.2. The standard InChI is InChI=1S/C17H18N8O5S/c18-15(19)23-13(26)11-7-4-8-12(9-11)22-17(28)24-31(29,30)25(16(20)21)14(27)10-5-2-1-3-6-10/h1-9H,(H3,20,21)(H2,22,24,28)(H4,18,19,23,26). The molecular weight excluding hydrogens is 428 g/mol. The lowest BCUT2D eigenvalue weighted by atomic mass is 10.2. The number of benzene rings is 2. The topological polar surface area (TPSA) is 227 Å². The molecule has 0 aliphatic rings. The van der Waals surface area contributed by atoms with Crippen LogP contribution in [0, 0.1) is 5.41 Å². The van der Waals surface area contributed by atoms with Crippen LogP contribution in [0.5, 0.6) is 0 Å². The van der Waals surface area contributed by atoms with Crippen LogP contribution in [-0.4, -0.2) is 42.5 Å². The van der Waals surface area contributed by atoms with Crippen molar-refractivity contribution >= 4 is 45.7 Å². The fourth-order valence-corrected chi connectivity index (χ4v) is 3.24. The quantitative estimate of drug-likeness (QED) is 0.258. The van der Waals surface area contributed by atoms with E-state index in [-0.39, 0.29) is 21.1 Å². The lowest BCUT2D eigenvalue weighted by Gasteiger charge is -2.20. The number of rotatable bonds is 5. The Morgan fingerprint density at radius 2 is 1.55 bits per heavy atom. The summed E-state index contributed by atoms with van der Waals surface area (Å²) >= 11 is 0. The van der Waals surface area contributed by atoms with E-state index >= 15 is 0 Å². The van der Waals surface area contributed by atoms with Crippen molar-refractivity contribution in [2.24, 2.45) is 22.2 Å². The molecule has 0 aliphatic heterocycles. The molecule has 0 spiro atoms. The number of carbonyl (C=O) groups excluding carboxylic acids is 3. The van der Waals surface area contributed by atoms with Gasteiger partial charge in [0.15, 0.2) is 5.96 Å². The first-order chi connectivity index (χ1) is 14.5. The average molecular weight is 446 g/mol. The molecule has 0 saturated carbocycles. The Labute approximate surface area is 176 Å². The zero-order valence-electron chi connectivity index (χ0n) is 15.8. The molecule has 2 aromatic carbocycles. The van der Waals surface area contributed by atoms with Crippen molar-refractivity contribution < 1.29 is 22.8 Å². The van der Waals surface area contributed by atoms with Gasteiger partial charge in [0.25, 0.3) is 11.8 Å². The van der Waals surface area contributed by atoms with E-state index in [9.17, 15) is 22.8 Å². The lowest BCUT2D eigenvalue weighted by molar-refractivity contribution is 0.0910. The molecule has 0 radical (unpaired) electrons. The summed E-state index contributed by atoms with van der Waals surface area (Å²) in [6, 6.07) is 11.2. The Bertz CT molecular complexity index is 1160. The van der Waals surface area contributed by atoms with Crippen molar-refractivity contribution in [3.63, 3.8) is 0 Å². The van der Waals surface area contributed by atoms with Crippen molar-refractivity contribution in [2.75, 3.05) is 5.32 Å². The molecule has 0 bridgehead atoms. The zero-order valence-corrected chi connectivity index (χ0v) is 16.6. The van der Waals surface area contributed by atoms with Gasteiger partial charge in [0.1, 0.15) is 0 Å². The highest BCUT2D eigenvalue weighted by Gasteiger charge is 2.32. The minimum Gasteiger partial charge on any atom is -0.370 e. The van der Waals surface area contributed by atoms with E-state index in [1.165, 1.54) is 48.5 Å². The molecule has 31 heavy (non-hydrogen) atoms. The van der Waals surface area contributed by atoms with E-state index < -0.39 is 40.0 Å². The Hall–Kier alpha value is -4.46. The highest BCUT2D eigenvalue weighted by molar-refractivity contribution is 7.88. The van der Waals surface area contributed by atoms with Crippen LogP contribution in [0.25, 0.3) is 0 Å². The highest BCUT2D eigenvalue weighted by Crippen LogP contribution is 2.13. The highest BCUT2D eigenvalue weighted by atomic mass is 32.2. The second-order valence-electron chi connectivity index (χ2n) is 5.80. The predicted molar refractivity (Wildman–Crippen MR) is 112 cm³/mol. The van der Waals surface area contributed by atoms with Gasteiger partial charge in [-0.25, -0.2) is 9.52 Å². The second kappa shape index (κ2) is 9.36. The molecule has 2 aromatic rings. The Morgan fingerprint density at radius 3 is 2.13 bits per heavy atom. The molecule has 2 rings (SSSR count). The maximum Gasteiger partial charge on any atom is 0.336 e. The fraction of sp³-hybridized carbons (Fsp3) is 0. The molecule has 0 heterocycles. The van der Waals surface area contributed by atoms with Crippen LogP contribution in [0.1, 0.15) is 20.7 Å². The number of nitrogens with zero attached hydrogens (tertiary/aromatic N) is 2. The number of anilines is 1. The SMILES string of the molecule is N=C(N)N(C(=O)c1ccccc1)S(=O)(=O)NC(=O)Nc1cccc(C(=O)N=C(N)N)c1. The molecule has 0 aliphatic carbocycles. The average Bonchev–Trinajstić information content (AvgIpc) is 2.67. The van der Waals surface area contributed by atoms with Crippen LogP contribution < -0.4 is 27.2 Å². The van der Waals surface area contributed by atoms with Crippen LogP contribution in [0.3, 0.4) is 0 Å². The van der Waals surface area contributed by atoms with E-state index in [0.717, 1.165) is 0 Å². The summed E-state index contributed by atoms with van der Waals surface area (Å²) in [4.78, 5) is 39.8. The lowest BCUT2D eigenvalue weighted by Crippen LogP contribution is -2.52. The fourth-order valence-electron chi connectivity index (χ4n) is 2.28. The number of hydrogen-bond donors (Lipinski definition) is 6. The van der Waals surface area contributed by atoms with Gasteiger partial charge in [0.05, 0.1) is 0 Å². The molecule has 9 N–H and O–H groups in total. The van der Waals surface area contributed by atoms with Gasteiger partial charge < -0.3 is 22.5 Å². The van der Waals surface area contributed by atoms with Gasteiger partial charge in [-0.05, 0) is 30.3 Å². The molecule has 0 atom stereocenters. The number of urea groups is 1. The summed E-state index contributed by atoms with van der Waals surface area (Å²) in [5.41, 5.74) is 15.5. The largest absolute Gasteiger partial charge is 0.370 e. The number of carbonyl (C=O) groups is 3. The summed E-state index contributed by atoms with van der Waals surface area (Å²) in [5.74, 6) is -3.51. The predicted octanol–water partition coefficient (Wildman–Crippen LogP) is -0.498. The summed E-state index contributed by atoms with van der Waals surface area (Å²) in [6.07, 6.45) is 0. The maximum absolute atomic E-state index is 12.5. The van der Waals surface area contributed by atoms with E-state index in [0.29, 0.717) is 0 Å². The number of aliphatic imine (C=N–C) groups is 1. The van der Waals surface area contributed by atoms with Gasteiger partial charge in [-0.1, -0.05) is 24.3 Å². The number of nitrogens with two attached hydrogens (primary N) is 3. The molecule has 0 fully saturated rings. The Kier molecular flexibility index (Phi) is 6.89. The third kappa shape index (κ3) is 6.01. The summed E-state index contributed by atoms with van der Waals surface area (Å²) < 4.78 is 26.5. The first kappa shape index (κ1) is 22.8. The second-order valence-corrected chi connectivity index (χ2v) is 7.32. The molecule has 0 saturated heterocycles. The molecule has 14 heteroatoms. The molecule has 162 valence electrons. The monoisotopic (exact) mass is 446 g/mol. The van der Waals surface area contributed by atoms with Gasteiger partial charge in [-0.3, -0.25) is 15.0 Å². The third-order valence-corrected chi connectivity index (χ3v) is 4.77. The van der Waals surface area contributed by atoms with Crippen LogP contribution in [0.4, 0.5) is 10.5 Å². The molecule has 0 unspecified atom stereocenters. The summed E-state index contributed by atoms with van der Waals surface area (Å²) in [7, 11) is -4.88. The summed E-state index contributed by atoms with van der Waals surface area (Å²) in [6.45, 7) is 0. The first-order valence-electron chi connectivity index (χ1n) is 8.32. The number of nitrogens with one attached hydrogen (secondary N) is 3. The van der Waals surface area contributed by atoms with Crippen molar-refractivity contribution in [2.45, 2.75) is 0 Å². The van der Waals surface area contributed by atoms with Crippen molar-refractivity contribution in [3.8, 4) is 0 Å². The van der Waals surface area contributed by atoms with E-state index in [2.05, 4.69) is 10.3 Å². The van der Waals surface area contributed by atoms with Gasteiger partial charge in [-0.2, -0.15) is 17.7 Å². The minimum absolute atomic E-state index is 0.0127. The number of amides is 4. The van der Waals surface area contributed by atoms with E-state index in [1.54, 1.807) is 10.8 Å². The van der Waals surface area contributed by atoms with Crippen molar-refractivity contribution in [1.29, 1.82) is 5.41 Å². The molecular formula is C17H18N8O5S. The minimum atomic E-state index is -4.88. The van der Waals surface area contributed by atoms with Gasteiger partial charge in [0.2, 0.25) is 5.96 Å². The Balaban J connectivity index is 2.20. The van der Waals surface area contributed by atoms with Gasteiger partial charge in [-0.15, -0.1) is 0 Å². The van der Waals surface area contributed by atoms with Crippen LogP contribution in [-0.2, 0) is 10.2 Å². The van der Waals surface area contributed by atoms with Crippen LogP contribution in [0.15, 0.2) is 59.6 Å². The van der Waals surface area contributed by atoms with Gasteiger partial charge >= 0.3 is 16.2 Å². The van der Waals surface area contributed by atoms with E-state index in [1.807, 2.05) is 0 Å². The normalized spacial score (nSPS) is 10.5. The maximum atomic E-state index is 12.5. The number of hydrogen-bond acceptors (Lipinski definition) is 6. The van der Waals surface area contributed by atoms with E-state index in [4.69, 9.17) is 22.6 Å². The molecule has 0 aromatic heterocycles. The smallest absolute Gasteiger partial charge is 0.336 e. The van der Waals surface area contributed by atoms with Crippen LogP contribution >= 0.6 is 0 Å². The van der Waals surface area contributed by atoms with Gasteiger partial charge in [0, 0.05) is 16.8 Å².